The first kappa shape index (κ1) is 13.4. The van der Waals surface area contributed by atoms with E-state index in [-0.39, 0.29) is 5.24 Å². The van der Waals surface area contributed by atoms with E-state index in [1.54, 1.807) is 30.3 Å². The molecule has 1 heterocycles. The molecule has 1 fully saturated rings. The summed E-state index contributed by atoms with van der Waals surface area (Å²) in [7, 11) is 0. The smallest absolute Gasteiger partial charge is 0.330 e. The van der Waals surface area contributed by atoms with Crippen LogP contribution in [0.2, 0.25) is 0 Å². The predicted molar refractivity (Wildman–Crippen MR) is 69.7 cm³/mol. The lowest BCUT2D eigenvalue weighted by Crippen LogP contribution is -2.45. The Morgan fingerprint density at radius 2 is 2.05 bits per heavy atom. The number of nitrogens with one attached hydrogen (secondary N) is 2. The monoisotopic (exact) mass is 280 g/mol. The summed E-state index contributed by atoms with van der Waals surface area (Å²) in [5.41, 5.74) is 0.486. The van der Waals surface area contributed by atoms with E-state index >= 15 is 0 Å². The second kappa shape index (κ2) is 5.75. The Kier molecular flexibility index (Phi) is 4.06. The van der Waals surface area contributed by atoms with Crippen molar-refractivity contribution in [2.24, 2.45) is 0 Å². The van der Waals surface area contributed by atoms with Crippen molar-refractivity contribution < 1.29 is 19.5 Å². The molecule has 1 aromatic rings. The van der Waals surface area contributed by atoms with Crippen LogP contribution in [0.15, 0.2) is 30.3 Å². The zero-order chi connectivity index (χ0) is 13.8. The number of thioether (sulfide) groups is 1. The molecule has 0 spiro atoms. The van der Waals surface area contributed by atoms with Crippen molar-refractivity contribution in [3.05, 3.63) is 35.9 Å². The topological polar surface area (TPSA) is 95.5 Å². The Labute approximate surface area is 113 Å². The van der Waals surface area contributed by atoms with E-state index in [1.807, 2.05) is 0 Å². The van der Waals surface area contributed by atoms with Gasteiger partial charge in [0, 0.05) is 5.75 Å². The van der Waals surface area contributed by atoms with E-state index in [4.69, 9.17) is 5.11 Å². The summed E-state index contributed by atoms with van der Waals surface area (Å²) in [6, 6.07) is 6.62. The van der Waals surface area contributed by atoms with Crippen molar-refractivity contribution in [2.75, 3.05) is 5.75 Å². The molecule has 0 radical (unpaired) electrons. The Morgan fingerprint density at radius 1 is 1.37 bits per heavy atom. The average molecular weight is 280 g/mol. The fourth-order valence-electron chi connectivity index (χ4n) is 1.70. The number of rotatable bonds is 4. The standard InChI is InChI=1S/C12H12N2O4S/c15-10(8-6-19-12(18)13-8)14-9(11(16)17)7-4-2-1-3-5-7/h1-5,8-9H,6H2,(H,13,18)(H,14,15)(H,16,17)/t8?,9-/m1/s1. The number of amides is 2. The number of carbonyl (C=O) groups is 3. The highest BCUT2D eigenvalue weighted by Crippen LogP contribution is 2.16. The summed E-state index contributed by atoms with van der Waals surface area (Å²) in [5, 5.41) is 13.8. The normalized spacial score (nSPS) is 19.6. The van der Waals surface area contributed by atoms with E-state index in [9.17, 15) is 14.4 Å². The van der Waals surface area contributed by atoms with Crippen LogP contribution in [0.5, 0.6) is 0 Å². The Balaban J connectivity index is 2.07. The number of benzene rings is 1. The third kappa shape index (κ3) is 3.25. The molecule has 6 nitrogen and oxygen atoms in total. The molecular formula is C12H12N2O4S. The lowest BCUT2D eigenvalue weighted by Gasteiger charge is -2.17. The number of hydrogen-bond acceptors (Lipinski definition) is 4. The summed E-state index contributed by atoms with van der Waals surface area (Å²) in [6.07, 6.45) is 0. The fraction of sp³-hybridized carbons (Fsp3) is 0.250. The SMILES string of the molecule is O=C1NC(C(=O)N[C@@H](C(=O)O)c2ccccc2)CS1. The second-order valence-corrected chi connectivity index (χ2v) is 4.98. The third-order valence-corrected chi connectivity index (χ3v) is 3.54. The molecule has 19 heavy (non-hydrogen) atoms. The van der Waals surface area contributed by atoms with Gasteiger partial charge in [0.25, 0.3) is 5.24 Å². The van der Waals surface area contributed by atoms with Crippen molar-refractivity contribution in [2.45, 2.75) is 12.1 Å². The molecule has 2 atom stereocenters. The third-order valence-electron chi connectivity index (χ3n) is 2.66. The van der Waals surface area contributed by atoms with Crippen molar-refractivity contribution in [1.29, 1.82) is 0 Å². The van der Waals surface area contributed by atoms with Crippen LogP contribution in [0, 0.1) is 0 Å². The zero-order valence-electron chi connectivity index (χ0n) is 9.83. The summed E-state index contributed by atoms with van der Waals surface area (Å²) >= 11 is 1.01. The van der Waals surface area contributed by atoms with Crippen LogP contribution in [0.25, 0.3) is 0 Å². The summed E-state index contributed by atoms with van der Waals surface area (Å²) < 4.78 is 0. The fourth-order valence-corrected chi connectivity index (χ4v) is 2.48. The first-order valence-electron chi connectivity index (χ1n) is 5.59. The zero-order valence-corrected chi connectivity index (χ0v) is 10.6. The van der Waals surface area contributed by atoms with Crippen molar-refractivity contribution in [1.82, 2.24) is 10.6 Å². The molecule has 1 aliphatic rings. The molecule has 0 aliphatic carbocycles. The van der Waals surface area contributed by atoms with Crippen LogP contribution in [0.3, 0.4) is 0 Å². The minimum absolute atomic E-state index is 0.272. The van der Waals surface area contributed by atoms with E-state index in [0.717, 1.165) is 11.8 Å². The first-order chi connectivity index (χ1) is 9.08. The first-order valence-corrected chi connectivity index (χ1v) is 6.58. The van der Waals surface area contributed by atoms with E-state index < -0.39 is 24.0 Å². The van der Waals surface area contributed by atoms with Gasteiger partial charge in [0.2, 0.25) is 5.91 Å². The van der Waals surface area contributed by atoms with Gasteiger partial charge in [-0.2, -0.15) is 0 Å². The molecule has 1 aliphatic heterocycles. The molecule has 100 valence electrons. The van der Waals surface area contributed by atoms with Crippen LogP contribution >= 0.6 is 11.8 Å². The lowest BCUT2D eigenvalue weighted by atomic mass is 10.1. The van der Waals surface area contributed by atoms with Crippen molar-refractivity contribution in [3.8, 4) is 0 Å². The Hall–Kier alpha value is -2.02. The van der Waals surface area contributed by atoms with Gasteiger partial charge in [0.1, 0.15) is 6.04 Å². The van der Waals surface area contributed by atoms with Gasteiger partial charge in [0.15, 0.2) is 6.04 Å². The molecule has 0 aromatic heterocycles. The average Bonchev–Trinajstić information content (AvgIpc) is 2.83. The lowest BCUT2D eigenvalue weighted by molar-refractivity contribution is -0.142. The maximum atomic E-state index is 11.9. The quantitative estimate of drug-likeness (QED) is 0.756. The Morgan fingerprint density at radius 3 is 2.58 bits per heavy atom. The number of carboxylic acids is 1. The van der Waals surface area contributed by atoms with Gasteiger partial charge >= 0.3 is 5.97 Å². The molecule has 1 aromatic carbocycles. The van der Waals surface area contributed by atoms with Gasteiger partial charge in [-0.05, 0) is 5.56 Å². The summed E-state index contributed by atoms with van der Waals surface area (Å²) in [4.78, 5) is 34.1. The predicted octanol–water partition coefficient (Wildman–Crippen LogP) is 0.754. The van der Waals surface area contributed by atoms with Gasteiger partial charge < -0.3 is 15.7 Å². The largest absolute Gasteiger partial charge is 0.479 e. The van der Waals surface area contributed by atoms with Crippen LogP contribution in [0.1, 0.15) is 11.6 Å². The number of carbonyl (C=O) groups excluding carboxylic acids is 2. The molecule has 0 saturated carbocycles. The van der Waals surface area contributed by atoms with Gasteiger partial charge in [-0.3, -0.25) is 9.59 Å². The summed E-state index contributed by atoms with van der Waals surface area (Å²) in [6.45, 7) is 0. The van der Waals surface area contributed by atoms with E-state index in [1.165, 1.54) is 0 Å². The number of hydrogen-bond donors (Lipinski definition) is 3. The molecule has 1 unspecified atom stereocenters. The van der Waals surface area contributed by atoms with Gasteiger partial charge in [0.05, 0.1) is 0 Å². The van der Waals surface area contributed by atoms with Gasteiger partial charge in [-0.25, -0.2) is 4.79 Å². The highest BCUT2D eigenvalue weighted by atomic mass is 32.2. The summed E-state index contributed by atoms with van der Waals surface area (Å²) in [5.74, 6) is -1.32. The van der Waals surface area contributed by atoms with Gasteiger partial charge in [-0.15, -0.1) is 0 Å². The number of aliphatic carboxylic acids is 1. The second-order valence-electron chi connectivity index (χ2n) is 3.99. The van der Waals surface area contributed by atoms with E-state index in [2.05, 4.69) is 10.6 Å². The van der Waals surface area contributed by atoms with Crippen LogP contribution in [-0.2, 0) is 9.59 Å². The minimum Gasteiger partial charge on any atom is -0.479 e. The molecule has 2 rings (SSSR count). The van der Waals surface area contributed by atoms with Crippen molar-refractivity contribution in [3.63, 3.8) is 0 Å². The molecule has 1 saturated heterocycles. The molecular weight excluding hydrogens is 268 g/mol. The van der Waals surface area contributed by atoms with Gasteiger partial charge in [-0.1, -0.05) is 42.1 Å². The molecule has 2 amide bonds. The highest BCUT2D eigenvalue weighted by Gasteiger charge is 2.31. The van der Waals surface area contributed by atoms with Crippen LogP contribution in [-0.4, -0.2) is 34.0 Å². The molecule has 3 N–H and O–H groups in total. The Bertz CT molecular complexity index is 506. The maximum absolute atomic E-state index is 11.9. The minimum atomic E-state index is -1.14. The molecule has 0 bridgehead atoms. The maximum Gasteiger partial charge on any atom is 0.330 e. The van der Waals surface area contributed by atoms with E-state index in [0.29, 0.717) is 11.3 Å². The van der Waals surface area contributed by atoms with Crippen molar-refractivity contribution >= 4 is 28.9 Å². The van der Waals surface area contributed by atoms with Crippen LogP contribution in [0.4, 0.5) is 4.79 Å². The number of carboxylic acid groups (broad SMARTS) is 1. The highest BCUT2D eigenvalue weighted by molar-refractivity contribution is 8.14. The molecule has 7 heteroatoms. The van der Waals surface area contributed by atoms with Crippen LogP contribution < -0.4 is 10.6 Å².